The summed E-state index contributed by atoms with van der Waals surface area (Å²) in [7, 11) is 0. The van der Waals surface area contributed by atoms with Crippen LogP contribution < -0.4 is 5.56 Å². The number of carbonyl (C=O) groups is 2. The number of fused-ring (bicyclic) bond motifs is 2. The van der Waals surface area contributed by atoms with Crippen LogP contribution in [0.5, 0.6) is 0 Å². The molecular weight excluding hydrogens is 392 g/mol. The maximum Gasteiger partial charge on any atom is 0.267 e. The molecule has 4 aromatic rings. The van der Waals surface area contributed by atoms with E-state index in [4.69, 9.17) is 4.98 Å². The van der Waals surface area contributed by atoms with Gasteiger partial charge in [-0.05, 0) is 42.8 Å². The molecule has 0 unspecified atom stereocenters. The molecule has 31 heavy (non-hydrogen) atoms. The lowest BCUT2D eigenvalue weighted by atomic mass is 10.1. The lowest BCUT2D eigenvalue weighted by Gasteiger charge is -2.27. The number of para-hydroxylation sites is 1. The number of benzene rings is 2. The zero-order valence-corrected chi connectivity index (χ0v) is 16.7. The number of nitrogens with zero attached hydrogens (tertiary/aromatic N) is 4. The number of pyridine rings is 1. The smallest absolute Gasteiger partial charge is 0.267 e. The highest BCUT2D eigenvalue weighted by molar-refractivity contribution is 6.21. The normalized spacial score (nSPS) is 14.2. The Morgan fingerprint density at radius 3 is 2.13 bits per heavy atom. The highest BCUT2D eigenvalue weighted by Crippen LogP contribution is 2.33. The zero-order chi connectivity index (χ0) is 21.5. The molecule has 7 heteroatoms. The second kappa shape index (κ2) is 7.28. The largest absolute Gasteiger partial charge is 0.269 e. The predicted octanol–water partition coefficient (Wildman–Crippen LogP) is 3.53. The fraction of sp³-hybridized carbons (Fsp3) is 0.125. The van der Waals surface area contributed by atoms with Crippen LogP contribution in [-0.2, 0) is 0 Å². The van der Waals surface area contributed by atoms with Crippen molar-refractivity contribution < 1.29 is 9.59 Å². The molecule has 1 atom stereocenters. The van der Waals surface area contributed by atoms with Crippen molar-refractivity contribution in [2.24, 2.45) is 0 Å². The molecule has 0 N–H and O–H groups in total. The average molecular weight is 410 g/mol. The van der Waals surface area contributed by atoms with Crippen LogP contribution in [0.15, 0.2) is 77.7 Å². The van der Waals surface area contributed by atoms with Crippen molar-refractivity contribution in [3.63, 3.8) is 0 Å². The number of rotatable bonds is 4. The van der Waals surface area contributed by atoms with Crippen molar-refractivity contribution in [3.05, 3.63) is 100 Å². The summed E-state index contributed by atoms with van der Waals surface area (Å²) in [6, 6.07) is 18.3. The van der Waals surface area contributed by atoms with E-state index < -0.39 is 6.04 Å². The summed E-state index contributed by atoms with van der Waals surface area (Å²) < 4.78 is 1.40. The second-order valence-electron chi connectivity index (χ2n) is 7.27. The molecule has 7 nitrogen and oxygen atoms in total. The minimum Gasteiger partial charge on any atom is -0.269 e. The first-order valence-corrected chi connectivity index (χ1v) is 10.0. The van der Waals surface area contributed by atoms with Crippen LogP contribution in [-0.4, -0.2) is 31.2 Å². The standard InChI is InChI=1S/C24H18N4O3/c1-2-19(27-22(29)15-9-3-4-10-16(15)23(27)30)21-26-18-12-6-5-11-17(18)24(31)28(21)20-13-7-8-14-25-20/h3-14,19H,2H2,1H3/t19-/m0/s1. The third-order valence-corrected chi connectivity index (χ3v) is 5.50. The van der Waals surface area contributed by atoms with Crippen molar-refractivity contribution in [1.82, 2.24) is 19.4 Å². The maximum atomic E-state index is 13.5. The third kappa shape index (κ3) is 2.85. The number of imide groups is 1. The van der Waals surface area contributed by atoms with E-state index in [0.717, 1.165) is 0 Å². The Morgan fingerprint density at radius 1 is 0.839 bits per heavy atom. The number of aromatic nitrogens is 3. The van der Waals surface area contributed by atoms with E-state index in [1.807, 2.05) is 6.92 Å². The molecule has 2 aromatic carbocycles. The van der Waals surface area contributed by atoms with Gasteiger partial charge in [-0.1, -0.05) is 37.3 Å². The Kier molecular flexibility index (Phi) is 4.43. The number of amides is 2. The van der Waals surface area contributed by atoms with Crippen molar-refractivity contribution in [1.29, 1.82) is 0 Å². The van der Waals surface area contributed by atoms with Crippen LogP contribution in [0.2, 0.25) is 0 Å². The summed E-state index contributed by atoms with van der Waals surface area (Å²) in [6.45, 7) is 1.86. The van der Waals surface area contributed by atoms with Gasteiger partial charge in [-0.25, -0.2) is 14.5 Å². The second-order valence-corrected chi connectivity index (χ2v) is 7.27. The molecule has 2 amide bonds. The molecule has 0 spiro atoms. The van der Waals surface area contributed by atoms with Crippen molar-refractivity contribution in [2.75, 3.05) is 0 Å². The molecule has 0 bridgehead atoms. The monoisotopic (exact) mass is 410 g/mol. The molecule has 1 aliphatic heterocycles. The van der Waals surface area contributed by atoms with E-state index in [1.165, 1.54) is 9.47 Å². The average Bonchev–Trinajstić information content (AvgIpc) is 3.06. The number of carbonyl (C=O) groups excluding carboxylic acids is 2. The van der Waals surface area contributed by atoms with E-state index in [1.54, 1.807) is 72.9 Å². The van der Waals surface area contributed by atoms with Gasteiger partial charge in [-0.3, -0.25) is 19.3 Å². The van der Waals surface area contributed by atoms with Crippen molar-refractivity contribution >= 4 is 22.7 Å². The van der Waals surface area contributed by atoms with E-state index in [2.05, 4.69) is 4.98 Å². The van der Waals surface area contributed by atoms with Gasteiger partial charge in [0.25, 0.3) is 17.4 Å². The zero-order valence-electron chi connectivity index (χ0n) is 16.7. The quantitative estimate of drug-likeness (QED) is 0.481. The summed E-state index contributed by atoms with van der Waals surface area (Å²) in [5.74, 6) is -0.0833. The van der Waals surface area contributed by atoms with Crippen LogP contribution in [0.3, 0.4) is 0 Å². The van der Waals surface area contributed by atoms with E-state index in [0.29, 0.717) is 40.1 Å². The molecule has 5 rings (SSSR count). The highest BCUT2D eigenvalue weighted by Gasteiger charge is 2.41. The van der Waals surface area contributed by atoms with E-state index in [9.17, 15) is 14.4 Å². The minimum absolute atomic E-state index is 0.297. The molecule has 3 heterocycles. The van der Waals surface area contributed by atoms with Gasteiger partial charge in [0, 0.05) is 6.20 Å². The molecule has 152 valence electrons. The molecule has 0 aliphatic carbocycles. The summed E-state index contributed by atoms with van der Waals surface area (Å²) in [4.78, 5) is 50.0. The van der Waals surface area contributed by atoms with Crippen molar-refractivity contribution in [3.8, 4) is 5.82 Å². The predicted molar refractivity (Wildman–Crippen MR) is 115 cm³/mol. The highest BCUT2D eigenvalue weighted by atomic mass is 16.2. The van der Waals surface area contributed by atoms with Gasteiger partial charge in [-0.15, -0.1) is 0 Å². The van der Waals surface area contributed by atoms with Crippen molar-refractivity contribution in [2.45, 2.75) is 19.4 Å². The molecule has 1 aliphatic rings. The third-order valence-electron chi connectivity index (χ3n) is 5.50. The van der Waals surface area contributed by atoms with Gasteiger partial charge < -0.3 is 0 Å². The summed E-state index contributed by atoms with van der Waals surface area (Å²) in [5, 5.41) is 0.439. The lowest BCUT2D eigenvalue weighted by molar-refractivity contribution is 0.0568. The van der Waals surface area contributed by atoms with Gasteiger partial charge in [0.1, 0.15) is 11.6 Å². The minimum atomic E-state index is -0.730. The van der Waals surface area contributed by atoms with E-state index >= 15 is 0 Å². The summed E-state index contributed by atoms with van der Waals surface area (Å²) in [6.07, 6.45) is 1.98. The summed E-state index contributed by atoms with van der Waals surface area (Å²) >= 11 is 0. The van der Waals surface area contributed by atoms with E-state index in [-0.39, 0.29) is 17.4 Å². The molecular formula is C24H18N4O3. The first kappa shape index (κ1) is 18.9. The molecule has 0 saturated heterocycles. The lowest BCUT2D eigenvalue weighted by Crippen LogP contribution is -2.38. The van der Waals surface area contributed by atoms with Gasteiger partial charge in [0.05, 0.1) is 28.1 Å². The fourth-order valence-corrected chi connectivity index (χ4v) is 4.05. The maximum absolute atomic E-state index is 13.5. The Hall–Kier alpha value is -4.13. The number of hydrogen-bond donors (Lipinski definition) is 0. The fourth-order valence-electron chi connectivity index (χ4n) is 4.05. The topological polar surface area (TPSA) is 85.2 Å². The van der Waals surface area contributed by atoms with Crippen LogP contribution in [0, 0.1) is 0 Å². The van der Waals surface area contributed by atoms with Crippen LogP contribution >= 0.6 is 0 Å². The van der Waals surface area contributed by atoms with Gasteiger partial charge in [0.2, 0.25) is 0 Å². The Bertz CT molecular complexity index is 1360. The Morgan fingerprint density at radius 2 is 1.48 bits per heavy atom. The SMILES string of the molecule is CC[C@@H](c1nc2ccccc2c(=O)n1-c1ccccn1)N1C(=O)c2ccccc2C1=O. The molecule has 0 saturated carbocycles. The van der Waals surface area contributed by atoms with Crippen LogP contribution in [0.4, 0.5) is 0 Å². The Labute approximate surface area is 177 Å². The van der Waals surface area contributed by atoms with Gasteiger partial charge in [0.15, 0.2) is 0 Å². The number of hydrogen-bond acceptors (Lipinski definition) is 5. The molecule has 0 radical (unpaired) electrons. The van der Waals surface area contributed by atoms with Crippen LogP contribution in [0.1, 0.15) is 45.9 Å². The molecule has 2 aromatic heterocycles. The van der Waals surface area contributed by atoms with Gasteiger partial charge >= 0.3 is 0 Å². The Balaban J connectivity index is 1.77. The van der Waals surface area contributed by atoms with Crippen LogP contribution in [0.25, 0.3) is 16.7 Å². The first-order valence-electron chi connectivity index (χ1n) is 10.0. The summed E-state index contributed by atoms with van der Waals surface area (Å²) in [5.41, 5.74) is 0.927. The molecule has 0 fully saturated rings. The van der Waals surface area contributed by atoms with Gasteiger partial charge in [-0.2, -0.15) is 0 Å². The first-order chi connectivity index (χ1) is 15.1.